The predicted molar refractivity (Wildman–Crippen MR) is 49.6 cm³/mol. The van der Waals surface area contributed by atoms with Crippen molar-refractivity contribution in [1.82, 2.24) is 4.90 Å². The van der Waals surface area contributed by atoms with E-state index in [0.717, 1.165) is 25.1 Å². The topological polar surface area (TPSA) is 27.0 Å². The Morgan fingerprint density at radius 2 is 2.17 bits per heavy atom. The zero-order chi connectivity index (χ0) is 9.19. The second-order valence-corrected chi connectivity index (χ2v) is 4.21. The molecule has 0 radical (unpaired) electrons. The first kappa shape index (κ1) is 9.28. The first-order valence-electron chi connectivity index (χ1n) is 4.38. The third-order valence-electron chi connectivity index (χ3n) is 2.30. The highest BCUT2D eigenvalue weighted by Gasteiger charge is 2.22. The van der Waals surface area contributed by atoms with Crippen LogP contribution in [0.4, 0.5) is 0 Å². The summed E-state index contributed by atoms with van der Waals surface area (Å²) < 4.78 is 0. The lowest BCUT2D eigenvalue weighted by Crippen LogP contribution is -2.43. The fourth-order valence-corrected chi connectivity index (χ4v) is 1.38. The molecule has 0 saturated carbocycles. The molecule has 0 fully saturated rings. The smallest absolute Gasteiger partial charge is 0.0944 e. The maximum absolute atomic E-state index is 8.64. The van der Waals surface area contributed by atoms with Crippen molar-refractivity contribution in [3.05, 3.63) is 11.6 Å². The van der Waals surface area contributed by atoms with Gasteiger partial charge in [0.05, 0.1) is 6.07 Å². The summed E-state index contributed by atoms with van der Waals surface area (Å²) in [4.78, 5) is 2.38. The summed E-state index contributed by atoms with van der Waals surface area (Å²) in [6.07, 6.45) is 2.95. The molecule has 1 rings (SSSR count). The molecular formula is C10H16N2. The molecule has 0 N–H and O–H groups in total. The average molecular weight is 164 g/mol. The summed E-state index contributed by atoms with van der Waals surface area (Å²) in [5.41, 5.74) is 1.17. The Kier molecular flexibility index (Phi) is 2.54. The van der Waals surface area contributed by atoms with E-state index in [4.69, 9.17) is 5.26 Å². The molecule has 1 heterocycles. The van der Waals surface area contributed by atoms with Gasteiger partial charge in [-0.05, 0) is 27.2 Å². The normalized spacial score (nSPS) is 20.0. The van der Waals surface area contributed by atoms with Gasteiger partial charge in [0, 0.05) is 24.2 Å². The Labute approximate surface area is 74.5 Å². The van der Waals surface area contributed by atoms with Crippen molar-refractivity contribution >= 4 is 0 Å². The standard InChI is InChI=1S/C10H16N2/c1-10(2,3)12-6-4-9(8-11)5-7-12/h4H,5-7H2,1-3H3. The highest BCUT2D eigenvalue weighted by Crippen LogP contribution is 2.18. The van der Waals surface area contributed by atoms with Gasteiger partial charge in [0.1, 0.15) is 0 Å². The molecule has 0 unspecified atom stereocenters. The van der Waals surface area contributed by atoms with E-state index in [9.17, 15) is 0 Å². The van der Waals surface area contributed by atoms with Crippen LogP contribution < -0.4 is 0 Å². The summed E-state index contributed by atoms with van der Waals surface area (Å²) >= 11 is 0. The van der Waals surface area contributed by atoms with Crippen LogP contribution in [0.25, 0.3) is 0 Å². The van der Waals surface area contributed by atoms with Gasteiger partial charge < -0.3 is 0 Å². The third-order valence-corrected chi connectivity index (χ3v) is 2.30. The predicted octanol–water partition coefficient (Wildman–Crippen LogP) is 1.94. The van der Waals surface area contributed by atoms with Gasteiger partial charge in [0.15, 0.2) is 0 Å². The van der Waals surface area contributed by atoms with Gasteiger partial charge in [-0.25, -0.2) is 0 Å². The monoisotopic (exact) mass is 164 g/mol. The fraction of sp³-hybridized carbons (Fsp3) is 0.700. The highest BCUT2D eigenvalue weighted by molar-refractivity contribution is 5.23. The molecule has 0 aromatic rings. The van der Waals surface area contributed by atoms with Gasteiger partial charge in [0.2, 0.25) is 0 Å². The van der Waals surface area contributed by atoms with Crippen LogP contribution in [-0.4, -0.2) is 23.5 Å². The van der Waals surface area contributed by atoms with Crippen molar-refractivity contribution in [3.63, 3.8) is 0 Å². The SMILES string of the molecule is CC(C)(C)N1CC=C(C#N)CC1. The van der Waals surface area contributed by atoms with E-state index >= 15 is 0 Å². The first-order chi connectivity index (χ1) is 5.54. The summed E-state index contributed by atoms with van der Waals surface area (Å²) in [5.74, 6) is 0. The molecule has 0 bridgehead atoms. The van der Waals surface area contributed by atoms with E-state index in [1.165, 1.54) is 0 Å². The van der Waals surface area contributed by atoms with Crippen LogP contribution >= 0.6 is 0 Å². The maximum atomic E-state index is 8.64. The minimum absolute atomic E-state index is 0.234. The van der Waals surface area contributed by atoms with E-state index in [1.54, 1.807) is 0 Å². The molecule has 0 aromatic heterocycles. The van der Waals surface area contributed by atoms with Gasteiger partial charge >= 0.3 is 0 Å². The van der Waals surface area contributed by atoms with Crippen LogP contribution in [-0.2, 0) is 0 Å². The van der Waals surface area contributed by atoms with Gasteiger partial charge in [-0.1, -0.05) is 6.08 Å². The van der Waals surface area contributed by atoms with E-state index in [0.29, 0.717) is 0 Å². The summed E-state index contributed by atoms with van der Waals surface area (Å²) in [6.45, 7) is 8.56. The molecule has 0 saturated heterocycles. The van der Waals surface area contributed by atoms with Gasteiger partial charge in [0.25, 0.3) is 0 Å². The fourth-order valence-electron chi connectivity index (χ4n) is 1.38. The molecular weight excluding hydrogens is 148 g/mol. The van der Waals surface area contributed by atoms with E-state index in [2.05, 4.69) is 31.7 Å². The molecule has 66 valence electrons. The Balaban J connectivity index is 2.59. The Hall–Kier alpha value is -0.810. The van der Waals surface area contributed by atoms with E-state index in [-0.39, 0.29) is 5.54 Å². The molecule has 12 heavy (non-hydrogen) atoms. The number of rotatable bonds is 0. The molecule has 1 aliphatic rings. The van der Waals surface area contributed by atoms with Gasteiger partial charge in [-0.2, -0.15) is 5.26 Å². The summed E-state index contributed by atoms with van der Waals surface area (Å²) in [7, 11) is 0. The molecule has 0 amide bonds. The Bertz CT molecular complexity index is 227. The van der Waals surface area contributed by atoms with Crippen molar-refractivity contribution < 1.29 is 0 Å². The second kappa shape index (κ2) is 3.28. The Morgan fingerprint density at radius 1 is 1.50 bits per heavy atom. The lowest BCUT2D eigenvalue weighted by molar-refractivity contribution is 0.150. The Morgan fingerprint density at radius 3 is 2.50 bits per heavy atom. The van der Waals surface area contributed by atoms with E-state index < -0.39 is 0 Å². The van der Waals surface area contributed by atoms with Crippen LogP contribution in [0.1, 0.15) is 27.2 Å². The molecule has 0 spiro atoms. The van der Waals surface area contributed by atoms with E-state index in [1.807, 2.05) is 6.08 Å². The number of nitrogens with zero attached hydrogens (tertiary/aromatic N) is 2. The largest absolute Gasteiger partial charge is 0.294 e. The van der Waals surface area contributed by atoms with Crippen LogP contribution in [0.15, 0.2) is 11.6 Å². The number of hydrogen-bond donors (Lipinski definition) is 0. The molecule has 1 aliphatic heterocycles. The second-order valence-electron chi connectivity index (χ2n) is 4.21. The molecule has 0 atom stereocenters. The average Bonchev–Trinajstić information content (AvgIpc) is 2.03. The van der Waals surface area contributed by atoms with Crippen molar-refractivity contribution in [1.29, 1.82) is 5.26 Å². The quantitative estimate of drug-likeness (QED) is 0.547. The van der Waals surface area contributed by atoms with Crippen molar-refractivity contribution in [2.45, 2.75) is 32.7 Å². The summed E-state index contributed by atoms with van der Waals surface area (Å²) in [5, 5.41) is 8.64. The number of nitriles is 1. The van der Waals surface area contributed by atoms with Crippen LogP contribution in [0.3, 0.4) is 0 Å². The van der Waals surface area contributed by atoms with Crippen LogP contribution in [0.5, 0.6) is 0 Å². The van der Waals surface area contributed by atoms with Gasteiger partial charge in [-0.15, -0.1) is 0 Å². The molecule has 0 aromatic carbocycles. The first-order valence-corrected chi connectivity index (χ1v) is 4.38. The van der Waals surface area contributed by atoms with Crippen molar-refractivity contribution in [2.75, 3.05) is 13.1 Å². The molecule has 2 heteroatoms. The van der Waals surface area contributed by atoms with Crippen LogP contribution in [0.2, 0.25) is 0 Å². The van der Waals surface area contributed by atoms with Crippen LogP contribution in [0, 0.1) is 11.3 Å². The van der Waals surface area contributed by atoms with Crippen molar-refractivity contribution in [2.24, 2.45) is 0 Å². The van der Waals surface area contributed by atoms with Gasteiger partial charge in [-0.3, -0.25) is 4.90 Å². The van der Waals surface area contributed by atoms with Crippen molar-refractivity contribution in [3.8, 4) is 6.07 Å². The highest BCUT2D eigenvalue weighted by atomic mass is 15.2. The minimum Gasteiger partial charge on any atom is -0.294 e. The lowest BCUT2D eigenvalue weighted by Gasteiger charge is -2.36. The molecule has 2 nitrogen and oxygen atoms in total. The maximum Gasteiger partial charge on any atom is 0.0944 e. The minimum atomic E-state index is 0.234. The number of hydrogen-bond acceptors (Lipinski definition) is 2. The zero-order valence-electron chi connectivity index (χ0n) is 8.09. The lowest BCUT2D eigenvalue weighted by atomic mass is 10.0. The third kappa shape index (κ3) is 2.09. The zero-order valence-corrected chi connectivity index (χ0v) is 8.09. The molecule has 0 aliphatic carbocycles. The summed E-state index contributed by atoms with van der Waals surface area (Å²) in [6, 6.07) is 2.21.